The molecule has 154 valence electrons. The van der Waals surface area contributed by atoms with Crippen molar-refractivity contribution < 1.29 is 9.47 Å². The zero-order valence-corrected chi connectivity index (χ0v) is 19.2. The van der Waals surface area contributed by atoms with E-state index in [0.717, 1.165) is 64.6 Å². The highest BCUT2D eigenvalue weighted by Crippen LogP contribution is 2.12. The summed E-state index contributed by atoms with van der Waals surface area (Å²) in [5.41, 5.74) is 2.54. The number of halogens is 1. The van der Waals surface area contributed by atoms with Gasteiger partial charge in [-0.25, -0.2) is 0 Å². The Morgan fingerprint density at radius 2 is 1.96 bits per heavy atom. The molecule has 0 aliphatic carbocycles. The number of guanidine groups is 1. The van der Waals surface area contributed by atoms with Crippen molar-refractivity contribution in [2.75, 3.05) is 59.0 Å². The molecule has 1 aromatic rings. The van der Waals surface area contributed by atoms with Crippen molar-refractivity contribution in [1.82, 2.24) is 10.6 Å². The van der Waals surface area contributed by atoms with E-state index in [-0.39, 0.29) is 24.0 Å². The van der Waals surface area contributed by atoms with Gasteiger partial charge in [0.05, 0.1) is 12.7 Å². The van der Waals surface area contributed by atoms with Crippen LogP contribution >= 0.6 is 24.0 Å². The summed E-state index contributed by atoms with van der Waals surface area (Å²) < 4.78 is 11.2. The normalized spacial score (nSPS) is 16.7. The lowest BCUT2D eigenvalue weighted by molar-refractivity contribution is 0.0168. The van der Waals surface area contributed by atoms with Gasteiger partial charge in [-0.2, -0.15) is 0 Å². The van der Waals surface area contributed by atoms with Gasteiger partial charge in [0.1, 0.15) is 0 Å². The first-order chi connectivity index (χ1) is 12.7. The average Bonchev–Trinajstić information content (AvgIpc) is 3.17. The summed E-state index contributed by atoms with van der Waals surface area (Å²) in [6.45, 7) is 4.07. The van der Waals surface area contributed by atoms with Crippen LogP contribution in [0.1, 0.15) is 24.8 Å². The van der Waals surface area contributed by atoms with Crippen LogP contribution in [0.3, 0.4) is 0 Å². The van der Waals surface area contributed by atoms with Crippen molar-refractivity contribution in [2.24, 2.45) is 4.99 Å². The number of aliphatic imine (C=N–C) groups is 1. The molecule has 0 aromatic heterocycles. The summed E-state index contributed by atoms with van der Waals surface area (Å²) in [4.78, 5) is 6.37. The summed E-state index contributed by atoms with van der Waals surface area (Å²) in [6.07, 6.45) is 4.53. The first kappa shape index (κ1) is 24.0. The highest BCUT2D eigenvalue weighted by atomic mass is 127. The molecule has 1 saturated heterocycles. The molecule has 1 aromatic carbocycles. The minimum absolute atomic E-state index is 0. The van der Waals surface area contributed by atoms with Crippen LogP contribution in [0, 0.1) is 0 Å². The maximum Gasteiger partial charge on any atom is 0.190 e. The molecule has 27 heavy (non-hydrogen) atoms. The molecular weight excluding hydrogens is 455 g/mol. The van der Waals surface area contributed by atoms with Gasteiger partial charge in [0.2, 0.25) is 0 Å². The Kier molecular flexibility index (Phi) is 12.4. The van der Waals surface area contributed by atoms with Crippen LogP contribution < -0.4 is 15.5 Å². The SMILES string of the molecule is CN=C(NCCCOCC1CCCO1)NCCc1ccc(N(C)C)cc1.I. The third kappa shape index (κ3) is 9.62. The van der Waals surface area contributed by atoms with E-state index >= 15 is 0 Å². The molecule has 1 aliphatic rings. The largest absolute Gasteiger partial charge is 0.379 e. The molecule has 1 unspecified atom stereocenters. The van der Waals surface area contributed by atoms with E-state index < -0.39 is 0 Å². The van der Waals surface area contributed by atoms with Gasteiger partial charge in [0.15, 0.2) is 5.96 Å². The van der Waals surface area contributed by atoms with Gasteiger partial charge < -0.3 is 25.0 Å². The van der Waals surface area contributed by atoms with Crippen LogP contribution in [0.2, 0.25) is 0 Å². The number of rotatable bonds is 10. The fourth-order valence-electron chi connectivity index (χ4n) is 2.88. The molecule has 0 radical (unpaired) electrons. The second-order valence-corrected chi connectivity index (χ2v) is 6.80. The maximum absolute atomic E-state index is 5.67. The molecule has 1 aliphatic heterocycles. The van der Waals surface area contributed by atoms with Gasteiger partial charge in [-0.15, -0.1) is 24.0 Å². The summed E-state index contributed by atoms with van der Waals surface area (Å²) in [5, 5.41) is 6.69. The van der Waals surface area contributed by atoms with Crippen molar-refractivity contribution in [3.05, 3.63) is 29.8 Å². The first-order valence-corrected chi connectivity index (χ1v) is 9.59. The van der Waals surface area contributed by atoms with Gasteiger partial charge in [-0.1, -0.05) is 12.1 Å². The quantitative estimate of drug-likeness (QED) is 0.229. The predicted molar refractivity (Wildman–Crippen MR) is 124 cm³/mol. The van der Waals surface area contributed by atoms with E-state index in [2.05, 4.69) is 58.9 Å². The Morgan fingerprint density at radius 1 is 1.22 bits per heavy atom. The number of nitrogens with one attached hydrogen (secondary N) is 2. The molecule has 0 spiro atoms. The van der Waals surface area contributed by atoms with Crippen LogP contribution in [0.4, 0.5) is 5.69 Å². The van der Waals surface area contributed by atoms with Crippen LogP contribution in [0.25, 0.3) is 0 Å². The van der Waals surface area contributed by atoms with E-state index in [1.165, 1.54) is 11.3 Å². The molecule has 1 fully saturated rings. The van der Waals surface area contributed by atoms with Crippen molar-refractivity contribution in [2.45, 2.75) is 31.8 Å². The minimum atomic E-state index is 0. The zero-order valence-electron chi connectivity index (χ0n) is 16.9. The second kappa shape index (κ2) is 14.0. The molecule has 0 bridgehead atoms. The predicted octanol–water partition coefficient (Wildman–Crippen LogP) is 2.66. The number of hydrogen-bond donors (Lipinski definition) is 2. The number of hydrogen-bond acceptors (Lipinski definition) is 4. The number of benzene rings is 1. The average molecular weight is 490 g/mol. The van der Waals surface area contributed by atoms with Crippen LogP contribution in [0.15, 0.2) is 29.3 Å². The highest BCUT2D eigenvalue weighted by Gasteiger charge is 2.14. The Bertz CT molecular complexity index is 531. The molecule has 6 nitrogen and oxygen atoms in total. The topological polar surface area (TPSA) is 58.1 Å². The van der Waals surface area contributed by atoms with E-state index in [1.54, 1.807) is 7.05 Å². The van der Waals surface area contributed by atoms with Gasteiger partial charge >= 0.3 is 0 Å². The van der Waals surface area contributed by atoms with E-state index in [4.69, 9.17) is 9.47 Å². The van der Waals surface area contributed by atoms with Gasteiger partial charge in [-0.05, 0) is 43.4 Å². The molecule has 1 atom stereocenters. The van der Waals surface area contributed by atoms with E-state index in [1.807, 2.05) is 0 Å². The van der Waals surface area contributed by atoms with E-state index in [0.29, 0.717) is 6.10 Å². The summed E-state index contributed by atoms with van der Waals surface area (Å²) in [6, 6.07) is 8.66. The fourth-order valence-corrected chi connectivity index (χ4v) is 2.88. The fraction of sp³-hybridized carbons (Fsp3) is 0.650. The summed E-state index contributed by atoms with van der Waals surface area (Å²) in [7, 11) is 5.91. The standard InChI is InChI=1S/C20H34N4O2.HI/c1-21-20(22-12-5-14-25-16-19-6-4-15-26-19)23-13-11-17-7-9-18(10-8-17)24(2)3;/h7-10,19H,4-6,11-16H2,1-3H3,(H2,21,22,23);1H. The smallest absolute Gasteiger partial charge is 0.190 e. The lowest BCUT2D eigenvalue weighted by Crippen LogP contribution is -2.39. The Hall–Kier alpha value is -1.06. The third-order valence-corrected chi connectivity index (χ3v) is 4.47. The molecule has 0 saturated carbocycles. The number of nitrogens with zero attached hydrogens (tertiary/aromatic N) is 2. The van der Waals surface area contributed by atoms with Crippen molar-refractivity contribution in [3.63, 3.8) is 0 Å². The van der Waals surface area contributed by atoms with Crippen LogP contribution in [0.5, 0.6) is 0 Å². The Labute approximate surface area is 181 Å². The Balaban J connectivity index is 0.00000364. The van der Waals surface area contributed by atoms with Gasteiger partial charge in [-0.3, -0.25) is 4.99 Å². The summed E-state index contributed by atoms with van der Waals surface area (Å²) in [5.74, 6) is 0.842. The lowest BCUT2D eigenvalue weighted by Gasteiger charge is -2.14. The van der Waals surface area contributed by atoms with Crippen molar-refractivity contribution in [3.8, 4) is 0 Å². The molecule has 2 N–H and O–H groups in total. The highest BCUT2D eigenvalue weighted by molar-refractivity contribution is 14.0. The van der Waals surface area contributed by atoms with Gasteiger partial charge in [0, 0.05) is 53.1 Å². The third-order valence-electron chi connectivity index (χ3n) is 4.47. The number of ether oxygens (including phenoxy) is 2. The van der Waals surface area contributed by atoms with Crippen LogP contribution in [-0.4, -0.2) is 66.1 Å². The van der Waals surface area contributed by atoms with Gasteiger partial charge in [0.25, 0.3) is 0 Å². The molecule has 0 amide bonds. The molecule has 7 heteroatoms. The molecule has 2 rings (SSSR count). The molecular formula is C20H35IN4O2. The first-order valence-electron chi connectivity index (χ1n) is 9.59. The second-order valence-electron chi connectivity index (χ2n) is 6.80. The van der Waals surface area contributed by atoms with E-state index in [9.17, 15) is 0 Å². The summed E-state index contributed by atoms with van der Waals surface area (Å²) >= 11 is 0. The lowest BCUT2D eigenvalue weighted by atomic mass is 10.1. The maximum atomic E-state index is 5.67. The minimum Gasteiger partial charge on any atom is -0.379 e. The number of anilines is 1. The Morgan fingerprint density at radius 3 is 2.59 bits per heavy atom. The van der Waals surface area contributed by atoms with Crippen molar-refractivity contribution in [1.29, 1.82) is 0 Å². The van der Waals surface area contributed by atoms with Crippen molar-refractivity contribution >= 4 is 35.6 Å². The zero-order chi connectivity index (χ0) is 18.6. The molecule has 1 heterocycles. The monoisotopic (exact) mass is 490 g/mol. The van der Waals surface area contributed by atoms with Crippen LogP contribution in [-0.2, 0) is 15.9 Å².